The number of aryl methyl sites for hydroxylation is 2. The van der Waals surface area contributed by atoms with E-state index in [2.05, 4.69) is 15.4 Å². The number of carbonyl (C=O) groups is 1. The van der Waals surface area contributed by atoms with E-state index in [4.69, 9.17) is 9.47 Å². The van der Waals surface area contributed by atoms with Crippen molar-refractivity contribution in [3.63, 3.8) is 0 Å². The van der Waals surface area contributed by atoms with Gasteiger partial charge in [-0.25, -0.2) is 4.98 Å². The number of anilines is 1. The van der Waals surface area contributed by atoms with Gasteiger partial charge in [-0.2, -0.15) is 5.10 Å². The van der Waals surface area contributed by atoms with Crippen molar-refractivity contribution in [2.75, 3.05) is 19.5 Å². The number of aromatic nitrogens is 3. The Morgan fingerprint density at radius 3 is 2.54 bits per heavy atom. The predicted molar refractivity (Wildman–Crippen MR) is 93.1 cm³/mol. The number of hydrogen-bond donors (Lipinski definition) is 1. The molecule has 8 heteroatoms. The number of fused-ring (bicyclic) bond motifs is 1. The van der Waals surface area contributed by atoms with Crippen molar-refractivity contribution in [2.24, 2.45) is 0 Å². The van der Waals surface area contributed by atoms with Gasteiger partial charge in [-0.1, -0.05) is 11.3 Å². The Morgan fingerprint density at radius 1 is 1.21 bits per heavy atom. The van der Waals surface area contributed by atoms with E-state index in [1.807, 2.05) is 26.0 Å². The summed E-state index contributed by atoms with van der Waals surface area (Å²) < 4.78 is 13.1. The van der Waals surface area contributed by atoms with Crippen molar-refractivity contribution in [3.05, 3.63) is 29.6 Å². The molecule has 0 spiro atoms. The zero-order valence-corrected chi connectivity index (χ0v) is 14.7. The van der Waals surface area contributed by atoms with E-state index in [1.54, 1.807) is 25.0 Å². The van der Waals surface area contributed by atoms with Crippen LogP contribution in [-0.2, 0) is 11.3 Å². The van der Waals surface area contributed by atoms with Gasteiger partial charge in [0.2, 0.25) is 5.91 Å². The first-order chi connectivity index (χ1) is 11.5. The van der Waals surface area contributed by atoms with Gasteiger partial charge in [0.25, 0.3) is 0 Å². The van der Waals surface area contributed by atoms with Gasteiger partial charge in [0.15, 0.2) is 16.6 Å². The van der Waals surface area contributed by atoms with Gasteiger partial charge in [0.1, 0.15) is 6.54 Å². The fourth-order valence-corrected chi connectivity index (χ4v) is 3.33. The number of ether oxygens (including phenoxy) is 2. The average molecular weight is 346 g/mol. The lowest BCUT2D eigenvalue weighted by atomic mass is 10.3. The van der Waals surface area contributed by atoms with Gasteiger partial charge in [-0.15, -0.1) is 0 Å². The van der Waals surface area contributed by atoms with Crippen molar-refractivity contribution >= 4 is 32.6 Å². The molecule has 7 nitrogen and oxygen atoms in total. The highest BCUT2D eigenvalue weighted by atomic mass is 32.1. The lowest BCUT2D eigenvalue weighted by molar-refractivity contribution is -0.116. The zero-order chi connectivity index (χ0) is 17.3. The van der Waals surface area contributed by atoms with E-state index in [9.17, 15) is 4.79 Å². The van der Waals surface area contributed by atoms with E-state index in [0.29, 0.717) is 16.6 Å². The summed E-state index contributed by atoms with van der Waals surface area (Å²) in [6.45, 7) is 3.97. The molecular formula is C16H18N4O3S. The second kappa shape index (κ2) is 6.48. The number of nitrogens with zero attached hydrogens (tertiary/aromatic N) is 3. The van der Waals surface area contributed by atoms with Crippen molar-refractivity contribution in [3.8, 4) is 11.5 Å². The van der Waals surface area contributed by atoms with Crippen LogP contribution in [0.5, 0.6) is 11.5 Å². The highest BCUT2D eigenvalue weighted by Crippen LogP contribution is 2.36. The molecule has 0 saturated heterocycles. The molecular weight excluding hydrogens is 328 g/mol. The van der Waals surface area contributed by atoms with Gasteiger partial charge in [0, 0.05) is 17.8 Å². The molecule has 3 aromatic rings. The topological polar surface area (TPSA) is 78.3 Å². The second-order valence-corrected chi connectivity index (χ2v) is 6.36. The van der Waals surface area contributed by atoms with Gasteiger partial charge >= 0.3 is 0 Å². The monoisotopic (exact) mass is 346 g/mol. The molecule has 0 unspecified atom stereocenters. The molecule has 0 aliphatic carbocycles. The summed E-state index contributed by atoms with van der Waals surface area (Å²) in [6.07, 6.45) is 0. The number of benzene rings is 1. The normalized spacial score (nSPS) is 10.8. The number of thiazole rings is 1. The third-order valence-electron chi connectivity index (χ3n) is 3.54. The molecule has 1 N–H and O–H groups in total. The summed E-state index contributed by atoms with van der Waals surface area (Å²) in [7, 11) is 3.16. The summed E-state index contributed by atoms with van der Waals surface area (Å²) in [5.74, 6) is 1.07. The second-order valence-electron chi connectivity index (χ2n) is 5.33. The molecule has 0 bridgehead atoms. The largest absolute Gasteiger partial charge is 0.493 e. The van der Waals surface area contributed by atoms with Crippen LogP contribution in [0.1, 0.15) is 11.4 Å². The van der Waals surface area contributed by atoms with Crippen LogP contribution >= 0.6 is 11.3 Å². The number of rotatable bonds is 5. The molecule has 0 aliphatic heterocycles. The van der Waals surface area contributed by atoms with Crippen LogP contribution in [0.25, 0.3) is 10.2 Å². The quantitative estimate of drug-likeness (QED) is 0.768. The smallest absolute Gasteiger partial charge is 0.247 e. The lowest BCUT2D eigenvalue weighted by Gasteiger charge is -2.05. The molecule has 1 aromatic carbocycles. The van der Waals surface area contributed by atoms with Crippen LogP contribution in [0.15, 0.2) is 18.2 Å². The Bertz CT molecular complexity index is 859. The Balaban J connectivity index is 1.79. The van der Waals surface area contributed by atoms with Crippen molar-refractivity contribution in [1.29, 1.82) is 0 Å². The van der Waals surface area contributed by atoms with Gasteiger partial charge in [-0.3, -0.25) is 9.48 Å². The predicted octanol–water partition coefficient (Wildman–Crippen LogP) is 2.77. The van der Waals surface area contributed by atoms with E-state index >= 15 is 0 Å². The fourth-order valence-electron chi connectivity index (χ4n) is 2.44. The zero-order valence-electron chi connectivity index (χ0n) is 13.9. The maximum atomic E-state index is 12.2. The van der Waals surface area contributed by atoms with E-state index in [0.717, 1.165) is 21.6 Å². The van der Waals surface area contributed by atoms with Crippen LogP contribution in [0.2, 0.25) is 0 Å². The molecule has 0 saturated carbocycles. The number of methoxy groups -OCH3 is 2. The standard InChI is InChI=1S/C16H18N4O3S/c1-9-5-10(2)20(19-9)8-15(21)18-16-17-11-6-12(22-3)13(23-4)7-14(11)24-16/h5-7H,8H2,1-4H3,(H,17,18,21). The van der Waals surface area contributed by atoms with Crippen LogP contribution in [0, 0.1) is 13.8 Å². The Labute approximate surface area is 143 Å². The Morgan fingerprint density at radius 2 is 1.92 bits per heavy atom. The van der Waals surface area contributed by atoms with Crippen molar-refractivity contribution in [2.45, 2.75) is 20.4 Å². The number of carbonyl (C=O) groups excluding carboxylic acids is 1. The first-order valence-corrected chi connectivity index (χ1v) is 8.15. The summed E-state index contributed by atoms with van der Waals surface area (Å²) in [4.78, 5) is 16.6. The number of amides is 1. The maximum absolute atomic E-state index is 12.2. The lowest BCUT2D eigenvalue weighted by Crippen LogP contribution is -2.20. The molecule has 2 aromatic heterocycles. The Hall–Kier alpha value is -2.61. The number of hydrogen-bond acceptors (Lipinski definition) is 6. The highest BCUT2D eigenvalue weighted by molar-refractivity contribution is 7.22. The molecule has 126 valence electrons. The average Bonchev–Trinajstić information content (AvgIpc) is 3.07. The Kier molecular flexibility index (Phi) is 4.39. The van der Waals surface area contributed by atoms with Gasteiger partial charge in [0.05, 0.1) is 30.1 Å². The summed E-state index contributed by atoms with van der Waals surface area (Å²) >= 11 is 1.39. The van der Waals surface area contributed by atoms with Crippen LogP contribution in [0.3, 0.4) is 0 Å². The maximum Gasteiger partial charge on any atom is 0.247 e. The van der Waals surface area contributed by atoms with Crippen molar-refractivity contribution < 1.29 is 14.3 Å². The number of nitrogens with one attached hydrogen (secondary N) is 1. The van der Waals surface area contributed by atoms with E-state index in [-0.39, 0.29) is 12.5 Å². The minimum Gasteiger partial charge on any atom is -0.493 e. The molecule has 24 heavy (non-hydrogen) atoms. The minimum absolute atomic E-state index is 0.155. The molecule has 0 radical (unpaired) electrons. The van der Waals surface area contributed by atoms with E-state index < -0.39 is 0 Å². The first kappa shape index (κ1) is 16.3. The van der Waals surface area contributed by atoms with Crippen LogP contribution < -0.4 is 14.8 Å². The van der Waals surface area contributed by atoms with E-state index in [1.165, 1.54) is 11.3 Å². The summed E-state index contributed by atoms with van der Waals surface area (Å²) in [6, 6.07) is 5.58. The molecule has 2 heterocycles. The molecule has 0 fully saturated rings. The SMILES string of the molecule is COc1cc2nc(NC(=O)Cn3nc(C)cc3C)sc2cc1OC. The minimum atomic E-state index is -0.167. The molecule has 1 amide bonds. The summed E-state index contributed by atoms with van der Waals surface area (Å²) in [5.41, 5.74) is 2.58. The highest BCUT2D eigenvalue weighted by Gasteiger charge is 2.13. The summed E-state index contributed by atoms with van der Waals surface area (Å²) in [5, 5.41) is 7.64. The molecule has 0 atom stereocenters. The third-order valence-corrected chi connectivity index (χ3v) is 4.47. The van der Waals surface area contributed by atoms with Crippen LogP contribution in [-0.4, -0.2) is 34.9 Å². The third kappa shape index (κ3) is 3.18. The van der Waals surface area contributed by atoms with Gasteiger partial charge in [-0.05, 0) is 19.9 Å². The van der Waals surface area contributed by atoms with Gasteiger partial charge < -0.3 is 14.8 Å². The van der Waals surface area contributed by atoms with Crippen molar-refractivity contribution in [1.82, 2.24) is 14.8 Å². The first-order valence-electron chi connectivity index (χ1n) is 7.33. The molecule has 0 aliphatic rings. The molecule has 3 rings (SSSR count). The fraction of sp³-hybridized carbons (Fsp3) is 0.312. The van der Waals surface area contributed by atoms with Crippen LogP contribution in [0.4, 0.5) is 5.13 Å².